The molecule has 1 unspecified atom stereocenters. The van der Waals surface area contributed by atoms with E-state index in [1.54, 1.807) is 24.3 Å². The highest BCUT2D eigenvalue weighted by Crippen LogP contribution is 2.08. The molecule has 0 fully saturated rings. The SMILES string of the molecule is CC(C)C(CI)NC(=O)c1cccc(C#N)c1. The minimum Gasteiger partial charge on any atom is -0.348 e. The van der Waals surface area contributed by atoms with Crippen molar-refractivity contribution in [3.05, 3.63) is 35.4 Å². The summed E-state index contributed by atoms with van der Waals surface area (Å²) in [7, 11) is 0. The summed E-state index contributed by atoms with van der Waals surface area (Å²) < 4.78 is 0.874. The summed E-state index contributed by atoms with van der Waals surface area (Å²) in [5.74, 6) is 0.285. The highest BCUT2D eigenvalue weighted by Gasteiger charge is 2.15. The van der Waals surface area contributed by atoms with Crippen molar-refractivity contribution in [3.8, 4) is 6.07 Å². The number of nitrogens with one attached hydrogen (secondary N) is 1. The molecule has 1 amide bonds. The lowest BCUT2D eigenvalue weighted by Gasteiger charge is -2.19. The summed E-state index contributed by atoms with van der Waals surface area (Å²) in [6.07, 6.45) is 0. The van der Waals surface area contributed by atoms with Gasteiger partial charge >= 0.3 is 0 Å². The fourth-order valence-electron chi connectivity index (χ4n) is 1.37. The number of rotatable bonds is 4. The van der Waals surface area contributed by atoms with Gasteiger partial charge in [-0.2, -0.15) is 5.26 Å². The zero-order valence-corrected chi connectivity index (χ0v) is 12.1. The number of nitrogens with zero attached hydrogens (tertiary/aromatic N) is 1. The first kappa shape index (κ1) is 14.0. The van der Waals surface area contributed by atoms with Crippen molar-refractivity contribution in [2.75, 3.05) is 4.43 Å². The van der Waals surface area contributed by atoms with Gasteiger partial charge in [0.25, 0.3) is 5.91 Å². The van der Waals surface area contributed by atoms with Crippen LogP contribution in [-0.4, -0.2) is 16.4 Å². The van der Waals surface area contributed by atoms with Gasteiger partial charge in [0.1, 0.15) is 0 Å². The maximum absolute atomic E-state index is 12.0. The molecule has 0 aromatic heterocycles. The molecule has 1 aromatic carbocycles. The minimum atomic E-state index is -0.113. The average Bonchev–Trinajstić information content (AvgIpc) is 2.35. The quantitative estimate of drug-likeness (QED) is 0.676. The van der Waals surface area contributed by atoms with Crippen LogP contribution < -0.4 is 5.32 Å². The molecule has 0 heterocycles. The van der Waals surface area contributed by atoms with E-state index >= 15 is 0 Å². The molecular weight excluding hydrogens is 327 g/mol. The molecule has 0 aliphatic heterocycles. The van der Waals surface area contributed by atoms with Crippen LogP contribution in [0.4, 0.5) is 0 Å². The Morgan fingerprint density at radius 3 is 2.76 bits per heavy atom. The van der Waals surface area contributed by atoms with E-state index in [0.717, 1.165) is 4.43 Å². The first-order valence-corrected chi connectivity index (χ1v) is 6.98. The van der Waals surface area contributed by atoms with Crippen LogP contribution in [0.5, 0.6) is 0 Å². The Kier molecular flexibility index (Phi) is 5.42. The maximum Gasteiger partial charge on any atom is 0.251 e. The number of benzene rings is 1. The van der Waals surface area contributed by atoms with Crippen LogP contribution in [0.3, 0.4) is 0 Å². The van der Waals surface area contributed by atoms with Gasteiger partial charge in [0, 0.05) is 16.0 Å². The highest BCUT2D eigenvalue weighted by atomic mass is 127. The Bertz CT molecular complexity index is 437. The molecule has 0 bridgehead atoms. The van der Waals surface area contributed by atoms with Crippen LogP contribution in [0, 0.1) is 17.2 Å². The van der Waals surface area contributed by atoms with Gasteiger partial charge in [-0.05, 0) is 24.1 Å². The Hall–Kier alpha value is -1.09. The lowest BCUT2D eigenvalue weighted by Crippen LogP contribution is -2.39. The molecule has 1 N–H and O–H groups in total. The molecule has 17 heavy (non-hydrogen) atoms. The van der Waals surface area contributed by atoms with Gasteiger partial charge in [0.2, 0.25) is 0 Å². The molecule has 1 atom stereocenters. The van der Waals surface area contributed by atoms with Crippen molar-refractivity contribution >= 4 is 28.5 Å². The van der Waals surface area contributed by atoms with E-state index in [9.17, 15) is 4.79 Å². The Morgan fingerprint density at radius 1 is 1.53 bits per heavy atom. The highest BCUT2D eigenvalue weighted by molar-refractivity contribution is 14.1. The lowest BCUT2D eigenvalue weighted by molar-refractivity contribution is 0.0932. The topological polar surface area (TPSA) is 52.9 Å². The number of amides is 1. The third kappa shape index (κ3) is 4.00. The third-order valence-corrected chi connectivity index (χ3v) is 3.49. The second-order valence-corrected chi connectivity index (χ2v) is 5.05. The summed E-state index contributed by atoms with van der Waals surface area (Å²) >= 11 is 2.26. The standard InChI is InChI=1S/C13H15IN2O/c1-9(2)12(7-14)16-13(17)11-5-3-4-10(6-11)8-15/h3-6,9,12H,7H2,1-2H3,(H,16,17). The summed E-state index contributed by atoms with van der Waals surface area (Å²) in [4.78, 5) is 12.0. The van der Waals surface area contributed by atoms with Gasteiger partial charge in [-0.15, -0.1) is 0 Å². The van der Waals surface area contributed by atoms with Gasteiger partial charge in [-0.3, -0.25) is 4.79 Å². The van der Waals surface area contributed by atoms with Crippen LogP contribution in [-0.2, 0) is 0 Å². The molecule has 3 nitrogen and oxygen atoms in total. The fraction of sp³-hybridized carbons (Fsp3) is 0.385. The number of halogens is 1. The first-order chi connectivity index (χ1) is 8.08. The van der Waals surface area contributed by atoms with E-state index in [4.69, 9.17) is 5.26 Å². The van der Waals surface area contributed by atoms with Crippen molar-refractivity contribution in [1.29, 1.82) is 5.26 Å². The molecule has 0 aliphatic carbocycles. The summed E-state index contributed by atoms with van der Waals surface area (Å²) in [6, 6.07) is 8.94. The van der Waals surface area contributed by atoms with Gasteiger partial charge in [0.05, 0.1) is 11.6 Å². The monoisotopic (exact) mass is 342 g/mol. The molecule has 0 spiro atoms. The average molecular weight is 342 g/mol. The molecule has 1 aromatic rings. The van der Waals surface area contributed by atoms with Crippen LogP contribution in [0.15, 0.2) is 24.3 Å². The third-order valence-electron chi connectivity index (χ3n) is 2.54. The van der Waals surface area contributed by atoms with E-state index in [0.29, 0.717) is 17.0 Å². The predicted molar refractivity (Wildman–Crippen MR) is 76.1 cm³/mol. The van der Waals surface area contributed by atoms with Crippen molar-refractivity contribution < 1.29 is 4.79 Å². The number of hydrogen-bond acceptors (Lipinski definition) is 2. The lowest BCUT2D eigenvalue weighted by atomic mass is 10.1. The Morgan fingerprint density at radius 2 is 2.24 bits per heavy atom. The smallest absolute Gasteiger partial charge is 0.251 e. The molecular formula is C13H15IN2O. The molecule has 90 valence electrons. The van der Waals surface area contributed by atoms with E-state index in [1.165, 1.54) is 0 Å². The van der Waals surface area contributed by atoms with Crippen molar-refractivity contribution in [1.82, 2.24) is 5.32 Å². The molecule has 0 saturated heterocycles. The molecule has 1 rings (SSSR count). The number of alkyl halides is 1. The summed E-state index contributed by atoms with van der Waals surface area (Å²) in [6.45, 7) is 4.16. The Labute approximate surface area is 115 Å². The second kappa shape index (κ2) is 6.60. The zero-order valence-electron chi connectivity index (χ0n) is 9.90. The number of carbonyl (C=O) groups is 1. The van der Waals surface area contributed by atoms with Gasteiger partial charge in [0.15, 0.2) is 0 Å². The van der Waals surface area contributed by atoms with Gasteiger partial charge < -0.3 is 5.32 Å². The number of hydrogen-bond donors (Lipinski definition) is 1. The zero-order chi connectivity index (χ0) is 12.8. The van der Waals surface area contributed by atoms with Crippen LogP contribution >= 0.6 is 22.6 Å². The summed E-state index contributed by atoms with van der Waals surface area (Å²) in [5.41, 5.74) is 1.05. The first-order valence-electron chi connectivity index (χ1n) is 5.45. The Balaban J connectivity index is 2.79. The summed E-state index contributed by atoms with van der Waals surface area (Å²) in [5, 5.41) is 11.8. The van der Waals surface area contributed by atoms with E-state index in [-0.39, 0.29) is 11.9 Å². The van der Waals surface area contributed by atoms with Crippen LogP contribution in [0.25, 0.3) is 0 Å². The van der Waals surface area contributed by atoms with Crippen LogP contribution in [0.2, 0.25) is 0 Å². The largest absolute Gasteiger partial charge is 0.348 e. The second-order valence-electron chi connectivity index (χ2n) is 4.17. The van der Waals surface area contributed by atoms with Crippen molar-refractivity contribution in [2.24, 2.45) is 5.92 Å². The van der Waals surface area contributed by atoms with Crippen molar-refractivity contribution in [2.45, 2.75) is 19.9 Å². The number of nitriles is 1. The molecule has 0 aliphatic rings. The van der Waals surface area contributed by atoms with Gasteiger partial charge in [-0.1, -0.05) is 42.5 Å². The fourth-order valence-corrected chi connectivity index (χ4v) is 2.60. The maximum atomic E-state index is 12.0. The van der Waals surface area contributed by atoms with Gasteiger partial charge in [-0.25, -0.2) is 0 Å². The molecule has 4 heteroatoms. The van der Waals surface area contributed by atoms with E-state index in [1.807, 2.05) is 6.07 Å². The van der Waals surface area contributed by atoms with E-state index < -0.39 is 0 Å². The molecule has 0 saturated carbocycles. The minimum absolute atomic E-state index is 0.113. The van der Waals surface area contributed by atoms with Crippen molar-refractivity contribution in [3.63, 3.8) is 0 Å². The van der Waals surface area contributed by atoms with Crippen LogP contribution in [0.1, 0.15) is 29.8 Å². The predicted octanol–water partition coefficient (Wildman–Crippen LogP) is 2.75. The van der Waals surface area contributed by atoms with E-state index in [2.05, 4.69) is 41.8 Å². The normalized spacial score (nSPS) is 11.9. The number of carbonyl (C=O) groups excluding carboxylic acids is 1. The molecule has 0 radical (unpaired) electrons.